The molecule has 0 saturated carbocycles. The van der Waals surface area contributed by atoms with E-state index in [1.54, 1.807) is 23.1 Å². The second-order valence-electron chi connectivity index (χ2n) is 6.36. The lowest BCUT2D eigenvalue weighted by Crippen LogP contribution is -2.43. The number of rotatable bonds is 2. The molecule has 27 heavy (non-hydrogen) atoms. The summed E-state index contributed by atoms with van der Waals surface area (Å²) >= 11 is 0. The van der Waals surface area contributed by atoms with Gasteiger partial charge in [0, 0.05) is 11.4 Å². The molecule has 5 nitrogen and oxygen atoms in total. The molecular formula is C21H15FN2O3. The number of ether oxygens (including phenoxy) is 2. The molecule has 2 heterocycles. The number of nitrogens with one attached hydrogen (secondary N) is 1. The lowest BCUT2D eigenvalue weighted by molar-refractivity contribution is 0.0975. The maximum absolute atomic E-state index is 13.9. The van der Waals surface area contributed by atoms with Crippen LogP contribution in [0.25, 0.3) is 0 Å². The fraction of sp³-hybridized carbons (Fsp3) is 0.0952. The van der Waals surface area contributed by atoms with Crippen molar-refractivity contribution in [1.82, 2.24) is 0 Å². The first kappa shape index (κ1) is 15.7. The van der Waals surface area contributed by atoms with Gasteiger partial charge < -0.3 is 14.8 Å². The summed E-state index contributed by atoms with van der Waals surface area (Å²) in [5.74, 6) is 0.694. The van der Waals surface area contributed by atoms with Crippen LogP contribution in [0.3, 0.4) is 0 Å². The third kappa shape index (κ3) is 2.57. The minimum atomic E-state index is -0.510. The first-order valence-electron chi connectivity index (χ1n) is 8.55. The molecule has 0 aliphatic carbocycles. The number of nitrogens with zero attached hydrogens (tertiary/aromatic N) is 1. The molecule has 1 N–H and O–H groups in total. The third-order valence-electron chi connectivity index (χ3n) is 4.73. The topological polar surface area (TPSA) is 50.8 Å². The lowest BCUT2D eigenvalue weighted by atomic mass is 10.0. The number of carbonyl (C=O) groups is 1. The molecular weight excluding hydrogens is 347 g/mol. The lowest BCUT2D eigenvalue weighted by Gasteiger charge is -2.38. The minimum Gasteiger partial charge on any atom is -0.454 e. The van der Waals surface area contributed by atoms with Crippen molar-refractivity contribution in [3.63, 3.8) is 0 Å². The molecule has 134 valence electrons. The molecule has 0 spiro atoms. The normalized spacial score (nSPS) is 17.4. The Kier molecular flexibility index (Phi) is 3.50. The van der Waals surface area contributed by atoms with E-state index in [0.29, 0.717) is 22.7 Å². The number of amides is 1. The van der Waals surface area contributed by atoms with Gasteiger partial charge in [-0.2, -0.15) is 0 Å². The summed E-state index contributed by atoms with van der Waals surface area (Å²) in [5.41, 5.74) is 2.56. The van der Waals surface area contributed by atoms with Gasteiger partial charge in [-0.3, -0.25) is 9.69 Å². The Hall–Kier alpha value is -3.54. The molecule has 0 unspecified atom stereocenters. The van der Waals surface area contributed by atoms with Crippen molar-refractivity contribution in [2.24, 2.45) is 0 Å². The predicted molar refractivity (Wildman–Crippen MR) is 98.6 cm³/mol. The highest BCUT2D eigenvalue weighted by Crippen LogP contribution is 2.40. The average molecular weight is 362 g/mol. The van der Waals surface area contributed by atoms with Gasteiger partial charge in [-0.15, -0.1) is 0 Å². The van der Waals surface area contributed by atoms with Crippen LogP contribution >= 0.6 is 0 Å². The number of benzene rings is 3. The smallest absolute Gasteiger partial charge is 0.262 e. The standard InChI is InChI=1S/C21H15FN2O3/c22-14-4-3-5-15(11-14)24-20(13-8-9-18-19(10-13)27-12-26-18)23-17-7-2-1-6-16(17)21(24)25/h1-11,20,23H,12H2/t20-/m0/s1. The third-order valence-corrected chi connectivity index (χ3v) is 4.73. The fourth-order valence-electron chi connectivity index (χ4n) is 3.46. The van der Waals surface area contributed by atoms with E-state index in [-0.39, 0.29) is 12.7 Å². The number of carbonyl (C=O) groups excluding carboxylic acids is 1. The van der Waals surface area contributed by atoms with E-state index in [1.807, 2.05) is 36.4 Å². The number of hydrogen-bond donors (Lipinski definition) is 1. The van der Waals surface area contributed by atoms with Crippen LogP contribution in [0.2, 0.25) is 0 Å². The zero-order chi connectivity index (χ0) is 18.4. The van der Waals surface area contributed by atoms with Crippen LogP contribution < -0.4 is 19.7 Å². The van der Waals surface area contributed by atoms with Crippen molar-refractivity contribution in [3.8, 4) is 11.5 Å². The molecule has 2 aliphatic heterocycles. The van der Waals surface area contributed by atoms with Gasteiger partial charge in [0.05, 0.1) is 5.56 Å². The van der Waals surface area contributed by atoms with Crippen molar-refractivity contribution >= 4 is 17.3 Å². The molecule has 6 heteroatoms. The highest BCUT2D eigenvalue weighted by molar-refractivity contribution is 6.12. The van der Waals surface area contributed by atoms with Crippen LogP contribution in [-0.4, -0.2) is 12.7 Å². The van der Waals surface area contributed by atoms with Crippen molar-refractivity contribution in [3.05, 3.63) is 83.7 Å². The van der Waals surface area contributed by atoms with Crippen LogP contribution in [0.15, 0.2) is 66.7 Å². The highest BCUT2D eigenvalue weighted by Gasteiger charge is 2.34. The maximum Gasteiger partial charge on any atom is 0.262 e. The molecule has 1 amide bonds. The van der Waals surface area contributed by atoms with Crippen molar-refractivity contribution in [1.29, 1.82) is 0 Å². The number of fused-ring (bicyclic) bond motifs is 2. The SMILES string of the molecule is O=C1c2ccccc2N[C@H](c2ccc3c(c2)OCO3)N1c1cccc(F)c1. The molecule has 0 aromatic heterocycles. The summed E-state index contributed by atoms with van der Waals surface area (Å²) in [4.78, 5) is 14.8. The van der Waals surface area contributed by atoms with Gasteiger partial charge in [0.15, 0.2) is 11.5 Å². The van der Waals surface area contributed by atoms with Gasteiger partial charge in [0.1, 0.15) is 12.0 Å². The maximum atomic E-state index is 13.9. The molecule has 2 aliphatic rings. The van der Waals surface area contributed by atoms with E-state index >= 15 is 0 Å². The molecule has 0 saturated heterocycles. The molecule has 5 rings (SSSR count). The van der Waals surface area contributed by atoms with Crippen LogP contribution in [0.5, 0.6) is 11.5 Å². The Labute approximate surface area is 154 Å². The molecule has 3 aromatic rings. The Morgan fingerprint density at radius 2 is 1.81 bits per heavy atom. The zero-order valence-corrected chi connectivity index (χ0v) is 14.2. The average Bonchev–Trinajstić information content (AvgIpc) is 3.15. The van der Waals surface area contributed by atoms with E-state index in [4.69, 9.17) is 9.47 Å². The van der Waals surface area contributed by atoms with Gasteiger partial charge in [-0.1, -0.05) is 24.3 Å². The monoisotopic (exact) mass is 362 g/mol. The Morgan fingerprint density at radius 3 is 2.70 bits per heavy atom. The molecule has 0 bridgehead atoms. The Morgan fingerprint density at radius 1 is 0.963 bits per heavy atom. The van der Waals surface area contributed by atoms with Gasteiger partial charge >= 0.3 is 0 Å². The summed E-state index contributed by atoms with van der Waals surface area (Å²) in [7, 11) is 0. The number of hydrogen-bond acceptors (Lipinski definition) is 4. The van der Waals surface area contributed by atoms with Crippen molar-refractivity contribution < 1.29 is 18.7 Å². The van der Waals surface area contributed by atoms with E-state index in [2.05, 4.69) is 5.32 Å². The largest absolute Gasteiger partial charge is 0.454 e. The summed E-state index contributed by atoms with van der Waals surface area (Å²) in [6.07, 6.45) is -0.510. The first-order valence-corrected chi connectivity index (χ1v) is 8.55. The predicted octanol–water partition coefficient (Wildman–Crippen LogP) is 4.33. The number of halogens is 1. The summed E-state index contributed by atoms with van der Waals surface area (Å²) in [6.45, 7) is 0.173. The molecule has 0 fully saturated rings. The van der Waals surface area contributed by atoms with Gasteiger partial charge in [0.2, 0.25) is 6.79 Å². The fourth-order valence-corrected chi connectivity index (χ4v) is 3.46. The summed E-state index contributed by atoms with van der Waals surface area (Å²) < 4.78 is 24.7. The van der Waals surface area contributed by atoms with E-state index in [0.717, 1.165) is 11.3 Å². The van der Waals surface area contributed by atoms with Gasteiger partial charge in [0.25, 0.3) is 5.91 Å². The first-order chi connectivity index (χ1) is 13.2. The molecule has 1 atom stereocenters. The Balaban J connectivity index is 1.66. The second-order valence-corrected chi connectivity index (χ2v) is 6.36. The van der Waals surface area contributed by atoms with Gasteiger partial charge in [-0.05, 0) is 48.0 Å². The van der Waals surface area contributed by atoms with Crippen LogP contribution in [0, 0.1) is 5.82 Å². The molecule has 3 aromatic carbocycles. The summed E-state index contributed by atoms with van der Waals surface area (Å²) in [5, 5.41) is 3.39. The summed E-state index contributed by atoms with van der Waals surface area (Å²) in [6, 6.07) is 18.8. The van der Waals surface area contributed by atoms with Crippen molar-refractivity contribution in [2.45, 2.75) is 6.17 Å². The van der Waals surface area contributed by atoms with Crippen molar-refractivity contribution in [2.75, 3.05) is 17.0 Å². The van der Waals surface area contributed by atoms with E-state index in [1.165, 1.54) is 12.1 Å². The van der Waals surface area contributed by atoms with Crippen LogP contribution in [-0.2, 0) is 0 Å². The second kappa shape index (κ2) is 6.02. The number of anilines is 2. The van der Waals surface area contributed by atoms with Crippen LogP contribution in [0.4, 0.5) is 15.8 Å². The van der Waals surface area contributed by atoms with Gasteiger partial charge in [-0.25, -0.2) is 4.39 Å². The van der Waals surface area contributed by atoms with Crippen LogP contribution in [0.1, 0.15) is 22.1 Å². The number of para-hydroxylation sites is 1. The molecule has 0 radical (unpaired) electrons. The Bertz CT molecular complexity index is 1050. The quantitative estimate of drug-likeness (QED) is 0.737. The van der Waals surface area contributed by atoms with E-state index < -0.39 is 12.0 Å². The minimum absolute atomic E-state index is 0.173. The van der Waals surface area contributed by atoms with E-state index in [9.17, 15) is 9.18 Å². The highest BCUT2D eigenvalue weighted by atomic mass is 19.1. The zero-order valence-electron chi connectivity index (χ0n) is 14.2.